The number of nitrogens with two attached hydrogens (primary N) is 1. The zero-order valence-corrected chi connectivity index (χ0v) is 11.8. The first-order valence-electron chi connectivity index (χ1n) is 6.82. The SMILES string of the molecule is COc1ccc(-c2c(O)ccc3cc(CN)ccc23)cc1. The molecule has 0 aromatic heterocycles. The molecular weight excluding hydrogens is 262 g/mol. The first-order valence-corrected chi connectivity index (χ1v) is 6.82. The van der Waals surface area contributed by atoms with Gasteiger partial charge in [0.25, 0.3) is 0 Å². The Morgan fingerprint density at radius 1 is 1.00 bits per heavy atom. The molecule has 3 rings (SSSR count). The first kappa shape index (κ1) is 13.5. The molecule has 3 nitrogen and oxygen atoms in total. The Morgan fingerprint density at radius 3 is 2.43 bits per heavy atom. The van der Waals surface area contributed by atoms with Crippen LogP contribution in [0.4, 0.5) is 0 Å². The lowest BCUT2D eigenvalue weighted by Gasteiger charge is -2.11. The van der Waals surface area contributed by atoms with Gasteiger partial charge in [0, 0.05) is 12.1 Å². The summed E-state index contributed by atoms with van der Waals surface area (Å²) in [4.78, 5) is 0. The molecule has 0 bridgehead atoms. The Balaban J connectivity index is 2.22. The number of hydrogen-bond acceptors (Lipinski definition) is 3. The Labute approximate surface area is 123 Å². The summed E-state index contributed by atoms with van der Waals surface area (Å²) in [6, 6.07) is 17.4. The van der Waals surface area contributed by atoms with Gasteiger partial charge in [-0.3, -0.25) is 0 Å². The van der Waals surface area contributed by atoms with E-state index in [-0.39, 0.29) is 5.75 Å². The molecular formula is C18H17NO2. The minimum Gasteiger partial charge on any atom is -0.507 e. The lowest BCUT2D eigenvalue weighted by atomic mass is 9.96. The number of hydrogen-bond donors (Lipinski definition) is 2. The molecule has 0 fully saturated rings. The third kappa shape index (κ3) is 2.43. The number of benzene rings is 3. The monoisotopic (exact) mass is 279 g/mol. The summed E-state index contributed by atoms with van der Waals surface area (Å²) in [5, 5.41) is 12.3. The lowest BCUT2D eigenvalue weighted by molar-refractivity contribution is 0.415. The summed E-state index contributed by atoms with van der Waals surface area (Å²) in [5.41, 5.74) is 8.56. The molecule has 0 aliphatic carbocycles. The van der Waals surface area contributed by atoms with E-state index in [9.17, 15) is 5.11 Å². The van der Waals surface area contributed by atoms with Gasteiger partial charge >= 0.3 is 0 Å². The molecule has 0 unspecified atom stereocenters. The fourth-order valence-electron chi connectivity index (χ4n) is 2.56. The van der Waals surface area contributed by atoms with Gasteiger partial charge in [-0.2, -0.15) is 0 Å². The highest BCUT2D eigenvalue weighted by molar-refractivity contribution is 5.99. The van der Waals surface area contributed by atoms with Gasteiger partial charge in [-0.15, -0.1) is 0 Å². The normalized spacial score (nSPS) is 10.8. The highest BCUT2D eigenvalue weighted by Gasteiger charge is 2.10. The largest absolute Gasteiger partial charge is 0.507 e. The molecule has 0 spiro atoms. The zero-order chi connectivity index (χ0) is 14.8. The minimum atomic E-state index is 0.271. The van der Waals surface area contributed by atoms with Gasteiger partial charge in [0.05, 0.1) is 7.11 Å². The van der Waals surface area contributed by atoms with Crippen LogP contribution >= 0.6 is 0 Å². The van der Waals surface area contributed by atoms with Crippen LogP contribution in [-0.4, -0.2) is 12.2 Å². The maximum absolute atomic E-state index is 10.3. The number of aromatic hydroxyl groups is 1. The summed E-state index contributed by atoms with van der Waals surface area (Å²) in [6.07, 6.45) is 0. The van der Waals surface area contributed by atoms with Gasteiger partial charge in [-0.25, -0.2) is 0 Å². The zero-order valence-electron chi connectivity index (χ0n) is 11.8. The fourth-order valence-corrected chi connectivity index (χ4v) is 2.56. The second kappa shape index (κ2) is 5.46. The standard InChI is InChI=1S/C18H17NO2/c1-21-15-6-3-13(4-7-15)18-16-8-2-12(11-19)10-14(16)5-9-17(18)20/h2-10,20H,11,19H2,1H3. The number of phenolic OH excluding ortho intramolecular Hbond substituents is 1. The quantitative estimate of drug-likeness (QED) is 0.769. The van der Waals surface area contributed by atoms with Crippen molar-refractivity contribution in [2.45, 2.75) is 6.54 Å². The molecule has 0 saturated carbocycles. The van der Waals surface area contributed by atoms with Crippen molar-refractivity contribution in [2.24, 2.45) is 5.73 Å². The molecule has 21 heavy (non-hydrogen) atoms. The van der Waals surface area contributed by atoms with Gasteiger partial charge in [0.15, 0.2) is 0 Å². The van der Waals surface area contributed by atoms with E-state index in [0.29, 0.717) is 6.54 Å². The van der Waals surface area contributed by atoms with Crippen molar-refractivity contribution in [1.29, 1.82) is 0 Å². The lowest BCUT2D eigenvalue weighted by Crippen LogP contribution is -1.95. The highest BCUT2D eigenvalue weighted by atomic mass is 16.5. The molecule has 3 aromatic rings. The van der Waals surface area contributed by atoms with Gasteiger partial charge in [0.2, 0.25) is 0 Å². The third-order valence-electron chi connectivity index (χ3n) is 3.68. The maximum Gasteiger partial charge on any atom is 0.124 e. The van der Waals surface area contributed by atoms with E-state index in [2.05, 4.69) is 6.07 Å². The summed E-state index contributed by atoms with van der Waals surface area (Å²) in [6.45, 7) is 0.509. The van der Waals surface area contributed by atoms with Crippen molar-refractivity contribution in [1.82, 2.24) is 0 Å². The molecule has 3 heteroatoms. The average Bonchev–Trinajstić information content (AvgIpc) is 2.54. The van der Waals surface area contributed by atoms with Crippen LogP contribution in [0, 0.1) is 0 Å². The van der Waals surface area contributed by atoms with Crippen LogP contribution < -0.4 is 10.5 Å². The van der Waals surface area contributed by atoms with Crippen molar-refractivity contribution in [3.05, 3.63) is 60.2 Å². The molecule has 0 radical (unpaired) electrons. The molecule has 3 aromatic carbocycles. The van der Waals surface area contributed by atoms with Crippen molar-refractivity contribution in [3.8, 4) is 22.6 Å². The van der Waals surface area contributed by atoms with Crippen LogP contribution in [0.1, 0.15) is 5.56 Å². The predicted octanol–water partition coefficient (Wildman–Crippen LogP) is 3.68. The Hall–Kier alpha value is -2.52. The maximum atomic E-state index is 10.3. The topological polar surface area (TPSA) is 55.5 Å². The molecule has 0 aliphatic heterocycles. The van der Waals surface area contributed by atoms with Crippen molar-refractivity contribution in [2.75, 3.05) is 7.11 Å². The average molecular weight is 279 g/mol. The van der Waals surface area contributed by atoms with Gasteiger partial charge in [-0.05, 0) is 46.2 Å². The molecule has 0 heterocycles. The van der Waals surface area contributed by atoms with Crippen LogP contribution in [-0.2, 0) is 6.54 Å². The second-order valence-electron chi connectivity index (χ2n) is 4.95. The second-order valence-corrected chi connectivity index (χ2v) is 4.95. The Morgan fingerprint density at radius 2 is 1.76 bits per heavy atom. The van der Waals surface area contributed by atoms with E-state index in [1.165, 1.54) is 0 Å². The smallest absolute Gasteiger partial charge is 0.124 e. The minimum absolute atomic E-state index is 0.271. The predicted molar refractivity (Wildman–Crippen MR) is 85.5 cm³/mol. The number of ether oxygens (including phenoxy) is 1. The highest BCUT2D eigenvalue weighted by Crippen LogP contribution is 2.37. The molecule has 0 saturated heterocycles. The van der Waals surface area contributed by atoms with E-state index in [4.69, 9.17) is 10.5 Å². The number of phenols is 1. The summed E-state index contributed by atoms with van der Waals surface area (Å²) < 4.78 is 5.18. The Kier molecular flexibility index (Phi) is 3.50. The molecule has 0 aliphatic rings. The first-order chi connectivity index (χ1) is 10.2. The van der Waals surface area contributed by atoms with Gasteiger partial charge in [0.1, 0.15) is 11.5 Å². The van der Waals surface area contributed by atoms with Gasteiger partial charge < -0.3 is 15.6 Å². The summed E-state index contributed by atoms with van der Waals surface area (Å²) in [5.74, 6) is 1.07. The fraction of sp³-hybridized carbons (Fsp3) is 0.111. The van der Waals surface area contributed by atoms with Gasteiger partial charge in [-0.1, -0.05) is 30.3 Å². The summed E-state index contributed by atoms with van der Waals surface area (Å²) in [7, 11) is 1.64. The van der Waals surface area contributed by atoms with E-state index in [0.717, 1.165) is 33.2 Å². The van der Waals surface area contributed by atoms with Crippen LogP contribution in [0.25, 0.3) is 21.9 Å². The van der Waals surface area contributed by atoms with Crippen molar-refractivity contribution in [3.63, 3.8) is 0 Å². The number of rotatable bonds is 3. The number of methoxy groups -OCH3 is 1. The van der Waals surface area contributed by atoms with E-state index in [1.807, 2.05) is 42.5 Å². The van der Waals surface area contributed by atoms with Crippen LogP contribution in [0.15, 0.2) is 54.6 Å². The van der Waals surface area contributed by atoms with E-state index >= 15 is 0 Å². The Bertz CT molecular complexity index is 779. The molecule has 106 valence electrons. The third-order valence-corrected chi connectivity index (χ3v) is 3.68. The van der Waals surface area contributed by atoms with Crippen LogP contribution in [0.3, 0.4) is 0 Å². The molecule has 3 N–H and O–H groups in total. The van der Waals surface area contributed by atoms with E-state index in [1.54, 1.807) is 13.2 Å². The van der Waals surface area contributed by atoms with Crippen molar-refractivity contribution < 1.29 is 9.84 Å². The van der Waals surface area contributed by atoms with Crippen LogP contribution in [0.5, 0.6) is 11.5 Å². The van der Waals surface area contributed by atoms with Crippen molar-refractivity contribution >= 4 is 10.8 Å². The summed E-state index contributed by atoms with van der Waals surface area (Å²) >= 11 is 0. The molecule has 0 amide bonds. The molecule has 0 atom stereocenters. The van der Waals surface area contributed by atoms with Crippen LogP contribution in [0.2, 0.25) is 0 Å². The number of fused-ring (bicyclic) bond motifs is 1. The van der Waals surface area contributed by atoms with E-state index < -0.39 is 0 Å².